The van der Waals surface area contributed by atoms with Gasteiger partial charge < -0.3 is 24.6 Å². The largest absolute Gasteiger partial charge is 0.466 e. The average molecular weight is 548 g/mol. The number of hydrogen-bond donors (Lipinski definition) is 2. The lowest BCUT2D eigenvalue weighted by Crippen LogP contribution is -2.52. The van der Waals surface area contributed by atoms with Gasteiger partial charge in [-0.15, -0.1) is 6.58 Å². The molecular formula is C29H38ClNO5S. The van der Waals surface area contributed by atoms with E-state index in [9.17, 15) is 9.90 Å². The summed E-state index contributed by atoms with van der Waals surface area (Å²) in [5.41, 5.74) is 0.733. The number of halogens is 1. The van der Waals surface area contributed by atoms with Crippen LogP contribution < -0.4 is 10.1 Å². The minimum atomic E-state index is -0.891. The van der Waals surface area contributed by atoms with Gasteiger partial charge in [0.2, 0.25) is 0 Å². The third-order valence-electron chi connectivity index (χ3n) is 6.08. The van der Waals surface area contributed by atoms with Crippen molar-refractivity contribution in [3.05, 3.63) is 65.2 Å². The number of hydrogen-bond acceptors (Lipinski definition) is 6. The Bertz CT molecular complexity index is 1080. The molecule has 2 aromatic rings. The molecule has 0 heterocycles. The summed E-state index contributed by atoms with van der Waals surface area (Å²) in [6.07, 6.45) is 5.01. The van der Waals surface area contributed by atoms with Crippen LogP contribution >= 0.6 is 23.4 Å². The number of aryl methyl sites for hydroxylation is 1. The Kier molecular flexibility index (Phi) is 10.4. The lowest BCUT2D eigenvalue weighted by molar-refractivity contribution is 0.0389. The molecule has 1 fully saturated rings. The van der Waals surface area contributed by atoms with Crippen molar-refractivity contribution >= 4 is 29.5 Å². The van der Waals surface area contributed by atoms with E-state index in [2.05, 4.69) is 24.0 Å². The van der Waals surface area contributed by atoms with Crippen molar-refractivity contribution in [1.82, 2.24) is 5.32 Å². The van der Waals surface area contributed by atoms with Crippen molar-refractivity contribution in [2.24, 2.45) is 0 Å². The first-order valence-electron chi connectivity index (χ1n) is 12.5. The first kappa shape index (κ1) is 29.4. The van der Waals surface area contributed by atoms with Crippen LogP contribution in [0.4, 0.5) is 4.79 Å². The number of amides is 1. The molecule has 1 amide bonds. The predicted octanol–water partition coefficient (Wildman–Crippen LogP) is 7.12. The highest BCUT2D eigenvalue weighted by Gasteiger charge is 2.32. The van der Waals surface area contributed by atoms with E-state index < -0.39 is 17.2 Å². The number of nitrogens with one attached hydrogen (secondary N) is 1. The zero-order valence-electron chi connectivity index (χ0n) is 22.1. The highest BCUT2D eigenvalue weighted by molar-refractivity contribution is 7.99. The summed E-state index contributed by atoms with van der Waals surface area (Å²) < 4.78 is 16.3. The molecule has 0 aliphatic heterocycles. The normalized spacial score (nSPS) is 15.1. The second kappa shape index (κ2) is 13.1. The van der Waals surface area contributed by atoms with E-state index in [1.165, 1.54) is 18.4 Å². The van der Waals surface area contributed by atoms with Gasteiger partial charge in [0, 0.05) is 17.0 Å². The fourth-order valence-electron chi connectivity index (χ4n) is 4.01. The highest BCUT2D eigenvalue weighted by atomic mass is 35.5. The van der Waals surface area contributed by atoms with Crippen LogP contribution in [0, 0.1) is 0 Å². The van der Waals surface area contributed by atoms with Crippen LogP contribution in [0.1, 0.15) is 63.5 Å². The van der Waals surface area contributed by atoms with Crippen molar-refractivity contribution < 1.29 is 24.1 Å². The van der Waals surface area contributed by atoms with Crippen LogP contribution in [0.3, 0.4) is 0 Å². The molecule has 37 heavy (non-hydrogen) atoms. The summed E-state index contributed by atoms with van der Waals surface area (Å²) in [6, 6.07) is 12.3. The molecule has 1 aliphatic carbocycles. The van der Waals surface area contributed by atoms with Crippen LogP contribution in [-0.4, -0.2) is 42.8 Å². The molecular weight excluding hydrogens is 510 g/mol. The van der Waals surface area contributed by atoms with Gasteiger partial charge in [-0.25, -0.2) is 4.79 Å². The van der Waals surface area contributed by atoms with E-state index in [0.29, 0.717) is 30.2 Å². The number of aliphatic hydroxyl groups is 1. The van der Waals surface area contributed by atoms with Gasteiger partial charge in [0.05, 0.1) is 17.0 Å². The minimum absolute atomic E-state index is 0.185. The number of ether oxygens (including phenoxy) is 3. The number of benzene rings is 2. The molecule has 0 aromatic heterocycles. The maximum atomic E-state index is 12.4. The molecule has 8 heteroatoms. The lowest BCUT2D eigenvalue weighted by atomic mass is 9.88. The number of alkyl carbamates (subject to hydrolysis) is 1. The Morgan fingerprint density at radius 2 is 2.00 bits per heavy atom. The highest BCUT2D eigenvalue weighted by Crippen LogP contribution is 2.44. The zero-order chi connectivity index (χ0) is 27.1. The molecule has 1 unspecified atom stereocenters. The standard InChI is InChI=1S/C29H38ClNO5S/c1-6-14-29(18-32,31-27(33)36-28(2,3)4)15-13-21-9-11-23(17-24(21)30)37-26-16-22(20-7-8-20)10-12-25(26)35-19-34-5/h6,9-12,16-17,20,32H,1,7-8,13-15,18-19H2,2-5H3,(H,31,33). The molecule has 0 saturated heterocycles. The summed E-state index contributed by atoms with van der Waals surface area (Å²) in [4.78, 5) is 14.5. The Morgan fingerprint density at radius 3 is 2.59 bits per heavy atom. The predicted molar refractivity (Wildman–Crippen MR) is 149 cm³/mol. The summed E-state index contributed by atoms with van der Waals surface area (Å²) in [5.74, 6) is 1.42. The summed E-state index contributed by atoms with van der Waals surface area (Å²) in [5, 5.41) is 13.7. The number of carbonyl (C=O) groups excluding carboxylic acids is 1. The maximum absolute atomic E-state index is 12.4. The van der Waals surface area contributed by atoms with E-state index in [1.54, 1.807) is 45.7 Å². The molecule has 1 aliphatic rings. The van der Waals surface area contributed by atoms with Gasteiger partial charge in [0.25, 0.3) is 0 Å². The molecule has 0 spiro atoms. The van der Waals surface area contributed by atoms with Gasteiger partial charge in [-0.3, -0.25) is 0 Å². The molecule has 6 nitrogen and oxygen atoms in total. The quantitative estimate of drug-likeness (QED) is 0.205. The second-order valence-corrected chi connectivity index (χ2v) is 12.0. The van der Waals surface area contributed by atoms with Gasteiger partial charge in [-0.1, -0.05) is 41.6 Å². The van der Waals surface area contributed by atoms with Gasteiger partial charge in [-0.05, 0) is 94.2 Å². The van der Waals surface area contributed by atoms with Crippen LogP contribution in [0.5, 0.6) is 5.75 Å². The van der Waals surface area contributed by atoms with Gasteiger partial charge in [0.1, 0.15) is 11.4 Å². The van der Waals surface area contributed by atoms with E-state index >= 15 is 0 Å². The first-order valence-corrected chi connectivity index (χ1v) is 13.7. The van der Waals surface area contributed by atoms with Crippen LogP contribution in [0.2, 0.25) is 5.02 Å². The third kappa shape index (κ3) is 8.95. The minimum Gasteiger partial charge on any atom is -0.466 e. The second-order valence-electron chi connectivity index (χ2n) is 10.4. The van der Waals surface area contributed by atoms with Crippen LogP contribution in [-0.2, 0) is 15.9 Å². The average Bonchev–Trinajstić information content (AvgIpc) is 3.67. The molecule has 202 valence electrons. The van der Waals surface area contributed by atoms with Crippen molar-refractivity contribution in [3.8, 4) is 5.75 Å². The zero-order valence-corrected chi connectivity index (χ0v) is 23.7. The Balaban J connectivity index is 1.72. The fourth-order valence-corrected chi connectivity index (χ4v) is 5.34. The van der Waals surface area contributed by atoms with Crippen LogP contribution in [0.25, 0.3) is 0 Å². The number of methoxy groups -OCH3 is 1. The Labute approximate surface area is 229 Å². The SMILES string of the molecule is C=CCC(CO)(CCc1ccc(Sc2cc(C3CC3)ccc2OCOC)cc1Cl)NC(=O)OC(C)(C)C. The summed E-state index contributed by atoms with van der Waals surface area (Å²) in [7, 11) is 1.60. The number of rotatable bonds is 13. The summed E-state index contributed by atoms with van der Waals surface area (Å²) in [6.45, 7) is 9.14. The molecule has 0 bridgehead atoms. The monoisotopic (exact) mass is 547 g/mol. The van der Waals surface area contributed by atoms with Crippen molar-refractivity contribution in [2.45, 2.75) is 79.7 Å². The van der Waals surface area contributed by atoms with Gasteiger partial charge >= 0.3 is 6.09 Å². The van der Waals surface area contributed by atoms with E-state index in [-0.39, 0.29) is 13.4 Å². The molecule has 1 atom stereocenters. The van der Waals surface area contributed by atoms with Gasteiger partial charge in [0.15, 0.2) is 6.79 Å². The maximum Gasteiger partial charge on any atom is 0.408 e. The Morgan fingerprint density at radius 1 is 1.24 bits per heavy atom. The van der Waals surface area contributed by atoms with Crippen molar-refractivity contribution in [1.29, 1.82) is 0 Å². The lowest BCUT2D eigenvalue weighted by Gasteiger charge is -2.33. The molecule has 2 N–H and O–H groups in total. The summed E-state index contributed by atoms with van der Waals surface area (Å²) >= 11 is 8.30. The fraction of sp³-hybridized carbons (Fsp3) is 0.483. The number of carbonyl (C=O) groups is 1. The van der Waals surface area contributed by atoms with E-state index in [1.807, 2.05) is 24.3 Å². The molecule has 2 aromatic carbocycles. The van der Waals surface area contributed by atoms with E-state index in [4.69, 9.17) is 25.8 Å². The van der Waals surface area contributed by atoms with Crippen molar-refractivity contribution in [3.63, 3.8) is 0 Å². The molecule has 3 rings (SSSR count). The van der Waals surface area contributed by atoms with Crippen molar-refractivity contribution in [2.75, 3.05) is 20.5 Å². The molecule has 0 radical (unpaired) electrons. The van der Waals surface area contributed by atoms with Crippen LogP contribution in [0.15, 0.2) is 58.8 Å². The Hall–Kier alpha value is -2.19. The third-order valence-corrected chi connectivity index (χ3v) is 7.46. The molecule has 1 saturated carbocycles. The number of aliphatic hydroxyl groups excluding tert-OH is 1. The van der Waals surface area contributed by atoms with E-state index in [0.717, 1.165) is 21.1 Å². The van der Waals surface area contributed by atoms with Gasteiger partial charge in [-0.2, -0.15) is 0 Å². The first-order chi connectivity index (χ1) is 17.6. The smallest absolute Gasteiger partial charge is 0.408 e. The topological polar surface area (TPSA) is 77.0 Å².